The van der Waals surface area contributed by atoms with E-state index in [1.807, 2.05) is 0 Å². The fourth-order valence-corrected chi connectivity index (χ4v) is 2.45. The molecule has 0 unspecified atom stereocenters. The van der Waals surface area contributed by atoms with Gasteiger partial charge in [-0.25, -0.2) is 0 Å². The van der Waals surface area contributed by atoms with E-state index >= 15 is 0 Å². The first-order valence-corrected chi connectivity index (χ1v) is 8.09. The fourth-order valence-electron chi connectivity index (χ4n) is 2.45. The van der Waals surface area contributed by atoms with Crippen molar-refractivity contribution in [3.63, 3.8) is 0 Å². The molecule has 1 saturated heterocycles. The zero-order chi connectivity index (χ0) is 16.2. The minimum atomic E-state index is 0.0399. The van der Waals surface area contributed by atoms with Crippen molar-refractivity contribution in [3.8, 4) is 0 Å². The van der Waals surface area contributed by atoms with Crippen molar-refractivity contribution in [3.05, 3.63) is 0 Å². The molecule has 2 amide bonds. The van der Waals surface area contributed by atoms with Gasteiger partial charge in [0.2, 0.25) is 11.8 Å². The van der Waals surface area contributed by atoms with Crippen LogP contribution in [0.5, 0.6) is 0 Å². The van der Waals surface area contributed by atoms with Gasteiger partial charge in [-0.3, -0.25) is 14.5 Å². The van der Waals surface area contributed by atoms with Crippen LogP contribution in [0.3, 0.4) is 0 Å². The second-order valence-corrected chi connectivity index (χ2v) is 5.50. The van der Waals surface area contributed by atoms with Crippen LogP contribution in [0, 0.1) is 0 Å². The molecular formula is C15H30N4O3. The molecule has 0 bridgehead atoms. The van der Waals surface area contributed by atoms with Crippen LogP contribution >= 0.6 is 0 Å². The topological polar surface area (TPSA) is 73.9 Å². The van der Waals surface area contributed by atoms with E-state index in [2.05, 4.69) is 20.4 Å². The van der Waals surface area contributed by atoms with E-state index in [-0.39, 0.29) is 11.8 Å². The Balaban J connectivity index is 2.28. The maximum Gasteiger partial charge on any atom is 0.221 e. The molecule has 0 aromatic heterocycles. The Bertz CT molecular complexity index is 313. The molecule has 1 aliphatic heterocycles. The fraction of sp³-hybridized carbons (Fsp3) is 0.867. The van der Waals surface area contributed by atoms with Crippen LogP contribution in [-0.2, 0) is 14.3 Å². The van der Waals surface area contributed by atoms with E-state index in [1.165, 1.54) is 0 Å². The Morgan fingerprint density at radius 3 is 2.05 bits per heavy atom. The van der Waals surface area contributed by atoms with Crippen molar-refractivity contribution in [2.45, 2.75) is 19.3 Å². The normalized spacial score (nSPS) is 15.8. The number of rotatable bonds is 10. The molecule has 0 saturated carbocycles. The standard InChI is InChI=1S/C15H30N4O3/c1-16-14(20)4-8-18(9-5-15(21)17-2)6-3-7-19-10-12-22-13-11-19/h3-13H2,1-2H3,(H,16,20)(H,17,21). The minimum absolute atomic E-state index is 0.0399. The lowest BCUT2D eigenvalue weighted by Crippen LogP contribution is -2.39. The average molecular weight is 314 g/mol. The van der Waals surface area contributed by atoms with Crippen LogP contribution < -0.4 is 10.6 Å². The smallest absolute Gasteiger partial charge is 0.221 e. The molecule has 0 aromatic carbocycles. The molecule has 0 aromatic rings. The lowest BCUT2D eigenvalue weighted by atomic mass is 10.2. The molecule has 0 radical (unpaired) electrons. The highest BCUT2D eigenvalue weighted by Crippen LogP contribution is 2.01. The molecule has 0 aliphatic carbocycles. The summed E-state index contributed by atoms with van der Waals surface area (Å²) in [4.78, 5) is 27.4. The van der Waals surface area contributed by atoms with Gasteiger partial charge in [0.15, 0.2) is 0 Å². The van der Waals surface area contributed by atoms with Gasteiger partial charge < -0.3 is 20.3 Å². The maximum absolute atomic E-state index is 11.4. The zero-order valence-electron chi connectivity index (χ0n) is 13.9. The third-order valence-electron chi connectivity index (χ3n) is 3.92. The van der Waals surface area contributed by atoms with Crippen molar-refractivity contribution in [2.24, 2.45) is 0 Å². The molecule has 0 atom stereocenters. The Morgan fingerprint density at radius 1 is 1.00 bits per heavy atom. The largest absolute Gasteiger partial charge is 0.379 e. The van der Waals surface area contributed by atoms with Crippen molar-refractivity contribution >= 4 is 11.8 Å². The highest BCUT2D eigenvalue weighted by atomic mass is 16.5. The summed E-state index contributed by atoms with van der Waals surface area (Å²) in [5.41, 5.74) is 0. The molecule has 1 fully saturated rings. The Labute approximate surface area is 133 Å². The van der Waals surface area contributed by atoms with Crippen LogP contribution in [0.4, 0.5) is 0 Å². The van der Waals surface area contributed by atoms with Gasteiger partial charge in [-0.1, -0.05) is 0 Å². The zero-order valence-corrected chi connectivity index (χ0v) is 13.9. The van der Waals surface area contributed by atoms with Crippen LogP contribution in [0.1, 0.15) is 19.3 Å². The highest BCUT2D eigenvalue weighted by molar-refractivity contribution is 5.76. The SMILES string of the molecule is CNC(=O)CCN(CCCN1CCOCC1)CCC(=O)NC. The van der Waals surface area contributed by atoms with Gasteiger partial charge in [0, 0.05) is 53.1 Å². The second kappa shape index (κ2) is 11.4. The number of hydrogen-bond donors (Lipinski definition) is 2. The number of amides is 2. The molecular weight excluding hydrogens is 284 g/mol. The minimum Gasteiger partial charge on any atom is -0.379 e. The lowest BCUT2D eigenvalue weighted by Gasteiger charge is -2.28. The molecule has 1 heterocycles. The van der Waals surface area contributed by atoms with Crippen LogP contribution in [-0.4, -0.2) is 88.2 Å². The molecule has 7 heteroatoms. The monoisotopic (exact) mass is 314 g/mol. The molecule has 128 valence electrons. The van der Waals surface area contributed by atoms with Gasteiger partial charge in [-0.05, 0) is 19.5 Å². The first kappa shape index (κ1) is 18.9. The number of ether oxygens (including phenoxy) is 1. The molecule has 22 heavy (non-hydrogen) atoms. The lowest BCUT2D eigenvalue weighted by molar-refractivity contribution is -0.120. The summed E-state index contributed by atoms with van der Waals surface area (Å²) in [6.45, 7) is 6.96. The summed E-state index contributed by atoms with van der Waals surface area (Å²) >= 11 is 0. The van der Waals surface area contributed by atoms with E-state index in [1.54, 1.807) is 14.1 Å². The van der Waals surface area contributed by atoms with E-state index < -0.39 is 0 Å². The average Bonchev–Trinajstić information content (AvgIpc) is 2.56. The van der Waals surface area contributed by atoms with Crippen molar-refractivity contribution < 1.29 is 14.3 Å². The van der Waals surface area contributed by atoms with Gasteiger partial charge in [0.05, 0.1) is 13.2 Å². The van der Waals surface area contributed by atoms with Gasteiger partial charge in [0.1, 0.15) is 0 Å². The molecule has 1 rings (SSSR count). The number of nitrogens with one attached hydrogen (secondary N) is 2. The number of carbonyl (C=O) groups excluding carboxylic acids is 2. The molecule has 2 N–H and O–H groups in total. The van der Waals surface area contributed by atoms with E-state index in [0.717, 1.165) is 45.8 Å². The molecule has 1 aliphatic rings. The van der Waals surface area contributed by atoms with E-state index in [4.69, 9.17) is 4.74 Å². The van der Waals surface area contributed by atoms with Gasteiger partial charge in [0.25, 0.3) is 0 Å². The van der Waals surface area contributed by atoms with E-state index in [0.29, 0.717) is 25.9 Å². The van der Waals surface area contributed by atoms with Crippen molar-refractivity contribution in [2.75, 3.05) is 66.6 Å². The van der Waals surface area contributed by atoms with E-state index in [9.17, 15) is 9.59 Å². The Hall–Kier alpha value is -1.18. The number of hydrogen-bond acceptors (Lipinski definition) is 5. The first-order chi connectivity index (χ1) is 10.7. The summed E-state index contributed by atoms with van der Waals surface area (Å²) in [6.07, 6.45) is 1.99. The van der Waals surface area contributed by atoms with Crippen molar-refractivity contribution in [1.82, 2.24) is 20.4 Å². The second-order valence-electron chi connectivity index (χ2n) is 5.50. The van der Waals surface area contributed by atoms with Crippen molar-refractivity contribution in [1.29, 1.82) is 0 Å². The van der Waals surface area contributed by atoms with Gasteiger partial charge in [-0.15, -0.1) is 0 Å². The number of nitrogens with zero attached hydrogens (tertiary/aromatic N) is 2. The Morgan fingerprint density at radius 2 is 1.55 bits per heavy atom. The van der Waals surface area contributed by atoms with Crippen LogP contribution in [0.25, 0.3) is 0 Å². The summed E-state index contributed by atoms with van der Waals surface area (Å²) in [6, 6.07) is 0. The quantitative estimate of drug-likeness (QED) is 0.557. The summed E-state index contributed by atoms with van der Waals surface area (Å²) in [7, 11) is 3.30. The first-order valence-electron chi connectivity index (χ1n) is 8.09. The third-order valence-corrected chi connectivity index (χ3v) is 3.92. The third kappa shape index (κ3) is 8.31. The van der Waals surface area contributed by atoms with Gasteiger partial charge >= 0.3 is 0 Å². The summed E-state index contributed by atoms with van der Waals surface area (Å²) < 4.78 is 5.34. The molecule has 7 nitrogen and oxygen atoms in total. The number of carbonyl (C=O) groups is 2. The predicted molar refractivity (Wildman–Crippen MR) is 85.7 cm³/mol. The Kier molecular flexibility index (Phi) is 9.77. The summed E-state index contributed by atoms with van der Waals surface area (Å²) in [5.74, 6) is 0.0799. The van der Waals surface area contributed by atoms with Crippen LogP contribution in [0.2, 0.25) is 0 Å². The summed E-state index contributed by atoms with van der Waals surface area (Å²) in [5, 5.41) is 5.27. The van der Waals surface area contributed by atoms with Crippen LogP contribution in [0.15, 0.2) is 0 Å². The highest BCUT2D eigenvalue weighted by Gasteiger charge is 2.12. The van der Waals surface area contributed by atoms with Gasteiger partial charge in [-0.2, -0.15) is 0 Å². The predicted octanol–water partition coefficient (Wildman–Crippen LogP) is -0.717. The number of morpholine rings is 1. The molecule has 0 spiro atoms. The maximum atomic E-state index is 11.4.